The summed E-state index contributed by atoms with van der Waals surface area (Å²) in [7, 11) is 1.46. The first-order valence-electron chi connectivity index (χ1n) is 2.61. The van der Waals surface area contributed by atoms with Crippen molar-refractivity contribution in [1.82, 2.24) is 15.8 Å². The Labute approximate surface area is 63.1 Å². The van der Waals surface area contributed by atoms with E-state index in [2.05, 4.69) is 10.9 Å². The summed E-state index contributed by atoms with van der Waals surface area (Å²) in [4.78, 5) is 22.4. The first-order chi connectivity index (χ1) is 4.63. The predicted molar refractivity (Wildman–Crippen MR) is 35.4 cm³/mol. The maximum atomic E-state index is 10.7. The van der Waals surface area contributed by atoms with Gasteiger partial charge in [-0.25, -0.2) is 5.43 Å². The molecule has 1 atom stereocenters. The maximum Gasteiger partial charge on any atom is 0.323 e. The van der Waals surface area contributed by atoms with Crippen LogP contribution < -0.4 is 10.9 Å². The Bertz CT molecular complexity index is 183. The lowest BCUT2D eigenvalue weighted by atomic mass is 10.5. The van der Waals surface area contributed by atoms with E-state index in [0.29, 0.717) is 0 Å². The van der Waals surface area contributed by atoms with Crippen molar-refractivity contribution in [2.45, 2.75) is 5.50 Å². The number of hydrazine groups is 1. The van der Waals surface area contributed by atoms with Crippen LogP contribution in [0, 0.1) is 0 Å². The van der Waals surface area contributed by atoms with Gasteiger partial charge >= 0.3 is 11.8 Å². The molecule has 1 unspecified atom stereocenters. The molecule has 1 aliphatic rings. The van der Waals surface area contributed by atoms with Crippen LogP contribution in [0.4, 0.5) is 0 Å². The van der Waals surface area contributed by atoms with E-state index in [9.17, 15) is 9.59 Å². The molecule has 1 saturated heterocycles. The SMILES string of the molecule is CN1C(=O)C(=O)NNC1[S]. The molecule has 5 nitrogen and oxygen atoms in total. The van der Waals surface area contributed by atoms with E-state index >= 15 is 0 Å². The van der Waals surface area contributed by atoms with Crippen LogP contribution in [0.25, 0.3) is 0 Å². The molecule has 2 N–H and O–H groups in total. The molecule has 0 aromatic carbocycles. The van der Waals surface area contributed by atoms with Crippen molar-refractivity contribution >= 4 is 24.4 Å². The summed E-state index contributed by atoms with van der Waals surface area (Å²) in [5.74, 6) is -1.29. The summed E-state index contributed by atoms with van der Waals surface area (Å²) < 4.78 is 0. The second-order valence-corrected chi connectivity index (χ2v) is 2.31. The van der Waals surface area contributed by atoms with E-state index in [0.717, 1.165) is 4.90 Å². The molecular formula is C4H6N3O2S. The summed E-state index contributed by atoms with van der Waals surface area (Å²) in [5.41, 5.74) is 4.01. The van der Waals surface area contributed by atoms with Gasteiger partial charge in [-0.1, -0.05) is 0 Å². The van der Waals surface area contributed by atoms with Crippen molar-refractivity contribution in [2.75, 3.05) is 7.05 Å². The van der Waals surface area contributed by atoms with Crippen LogP contribution in [0.5, 0.6) is 0 Å². The van der Waals surface area contributed by atoms with Crippen molar-refractivity contribution in [3.05, 3.63) is 0 Å². The third-order valence-corrected chi connectivity index (χ3v) is 1.61. The fourth-order valence-corrected chi connectivity index (χ4v) is 0.699. The lowest BCUT2D eigenvalue weighted by Crippen LogP contribution is -2.61. The van der Waals surface area contributed by atoms with Crippen molar-refractivity contribution in [3.63, 3.8) is 0 Å². The summed E-state index contributed by atoms with van der Waals surface area (Å²) in [6.45, 7) is 0. The molecule has 1 radical (unpaired) electrons. The molecule has 0 aromatic rings. The Hall–Kier alpha value is -0.750. The number of rotatable bonds is 0. The van der Waals surface area contributed by atoms with Gasteiger partial charge in [0.1, 0.15) is 0 Å². The number of likely N-dealkylation sites (N-methyl/N-ethyl adjacent to an activating group) is 1. The molecule has 6 heteroatoms. The molecule has 0 bridgehead atoms. The molecule has 1 fully saturated rings. The molecule has 0 saturated carbocycles. The molecular weight excluding hydrogens is 154 g/mol. The van der Waals surface area contributed by atoms with Gasteiger partial charge in [0.2, 0.25) is 0 Å². The van der Waals surface area contributed by atoms with Gasteiger partial charge in [0.25, 0.3) is 0 Å². The van der Waals surface area contributed by atoms with Crippen molar-refractivity contribution in [3.8, 4) is 0 Å². The van der Waals surface area contributed by atoms with Gasteiger partial charge in [0.05, 0.1) is 0 Å². The minimum absolute atomic E-state index is 0.551. The molecule has 1 aliphatic heterocycles. The monoisotopic (exact) mass is 160 g/mol. The van der Waals surface area contributed by atoms with Crippen molar-refractivity contribution in [1.29, 1.82) is 0 Å². The zero-order chi connectivity index (χ0) is 7.72. The van der Waals surface area contributed by atoms with Gasteiger partial charge in [-0.15, -0.1) is 0 Å². The van der Waals surface area contributed by atoms with Crippen LogP contribution in [0.1, 0.15) is 0 Å². The summed E-state index contributed by atoms with van der Waals surface area (Å²) >= 11 is 4.72. The lowest BCUT2D eigenvalue weighted by molar-refractivity contribution is -0.149. The molecule has 55 valence electrons. The Balaban J connectivity index is 2.70. The number of amides is 2. The van der Waals surface area contributed by atoms with E-state index in [1.165, 1.54) is 7.05 Å². The molecule has 1 rings (SSSR count). The van der Waals surface area contributed by atoms with Gasteiger partial charge in [-0.05, 0) is 12.6 Å². The van der Waals surface area contributed by atoms with Gasteiger partial charge in [0, 0.05) is 7.05 Å². The lowest BCUT2D eigenvalue weighted by Gasteiger charge is -2.28. The third kappa shape index (κ3) is 1.07. The first-order valence-corrected chi connectivity index (χ1v) is 3.08. The summed E-state index contributed by atoms with van der Waals surface area (Å²) in [6, 6.07) is 0. The van der Waals surface area contributed by atoms with Gasteiger partial charge in [-0.2, -0.15) is 0 Å². The van der Waals surface area contributed by atoms with Crippen LogP contribution in [0.2, 0.25) is 0 Å². The Kier molecular flexibility index (Phi) is 1.82. The number of nitrogens with one attached hydrogen (secondary N) is 2. The highest BCUT2D eigenvalue weighted by molar-refractivity contribution is 7.80. The standard InChI is InChI=1S/C4H6N3O2S/c1-7-3(9)2(8)5-6-4(7)10/h4,6H,1H3,(H,5,8). The van der Waals surface area contributed by atoms with E-state index in [1.807, 2.05) is 0 Å². The van der Waals surface area contributed by atoms with Crippen LogP contribution in [0.15, 0.2) is 0 Å². The zero-order valence-electron chi connectivity index (χ0n) is 5.25. The maximum absolute atomic E-state index is 10.7. The average Bonchev–Trinajstić information content (AvgIpc) is 1.93. The molecule has 1 heterocycles. The highest BCUT2D eigenvalue weighted by Crippen LogP contribution is 2.00. The Morgan fingerprint density at radius 2 is 2.20 bits per heavy atom. The van der Waals surface area contributed by atoms with E-state index in [4.69, 9.17) is 12.6 Å². The number of nitrogens with zero attached hydrogens (tertiary/aromatic N) is 1. The number of hydrogen-bond acceptors (Lipinski definition) is 3. The summed E-state index contributed by atoms with van der Waals surface area (Å²) in [5, 5.41) is 0. The fraction of sp³-hybridized carbons (Fsp3) is 0.500. The smallest absolute Gasteiger partial charge is 0.311 e. The number of carbonyl (C=O) groups excluding carboxylic acids is 2. The average molecular weight is 160 g/mol. The third-order valence-electron chi connectivity index (χ3n) is 1.18. The Morgan fingerprint density at radius 3 is 2.70 bits per heavy atom. The van der Waals surface area contributed by atoms with Crippen LogP contribution in [-0.2, 0) is 9.59 Å². The molecule has 0 aromatic heterocycles. The minimum atomic E-state index is -0.677. The van der Waals surface area contributed by atoms with Gasteiger partial charge in [-0.3, -0.25) is 15.0 Å². The summed E-state index contributed by atoms with van der Waals surface area (Å²) in [6.07, 6.45) is 0. The number of hydrogen-bond donors (Lipinski definition) is 2. The molecule has 10 heavy (non-hydrogen) atoms. The largest absolute Gasteiger partial charge is 0.323 e. The number of carbonyl (C=O) groups is 2. The molecule has 0 aliphatic carbocycles. The highest BCUT2D eigenvalue weighted by atomic mass is 32.1. The van der Waals surface area contributed by atoms with Crippen molar-refractivity contribution < 1.29 is 9.59 Å². The second kappa shape index (κ2) is 2.47. The predicted octanol–water partition coefficient (Wildman–Crippen LogP) is -1.44. The quantitative estimate of drug-likeness (QED) is 0.427. The zero-order valence-corrected chi connectivity index (χ0v) is 6.07. The second-order valence-electron chi connectivity index (χ2n) is 1.87. The fourth-order valence-electron chi connectivity index (χ4n) is 0.544. The van der Waals surface area contributed by atoms with E-state index in [-0.39, 0.29) is 0 Å². The van der Waals surface area contributed by atoms with E-state index < -0.39 is 17.3 Å². The first kappa shape index (κ1) is 7.36. The normalized spacial score (nSPS) is 26.6. The Morgan fingerprint density at radius 1 is 1.60 bits per heavy atom. The van der Waals surface area contributed by atoms with Crippen LogP contribution >= 0.6 is 12.6 Å². The van der Waals surface area contributed by atoms with Gasteiger partial charge < -0.3 is 4.90 Å². The topological polar surface area (TPSA) is 61.4 Å². The minimum Gasteiger partial charge on any atom is -0.311 e. The van der Waals surface area contributed by atoms with E-state index in [1.54, 1.807) is 0 Å². The van der Waals surface area contributed by atoms with Crippen LogP contribution in [0.3, 0.4) is 0 Å². The molecule has 0 spiro atoms. The van der Waals surface area contributed by atoms with Crippen molar-refractivity contribution in [2.24, 2.45) is 0 Å². The highest BCUT2D eigenvalue weighted by Gasteiger charge is 2.28. The molecule has 2 amide bonds. The van der Waals surface area contributed by atoms with Gasteiger partial charge in [0.15, 0.2) is 5.50 Å². The van der Waals surface area contributed by atoms with Crippen LogP contribution in [-0.4, -0.2) is 29.3 Å².